The number of aryl methyl sites for hydroxylation is 1. The van der Waals surface area contributed by atoms with Gasteiger partial charge in [-0.05, 0) is 25.1 Å². The van der Waals surface area contributed by atoms with Crippen LogP contribution in [0.4, 0.5) is 11.4 Å². The summed E-state index contributed by atoms with van der Waals surface area (Å²) >= 11 is 0. The van der Waals surface area contributed by atoms with E-state index in [1.165, 1.54) is 31.2 Å². The van der Waals surface area contributed by atoms with Crippen LogP contribution < -0.4 is 10.9 Å². The third-order valence-corrected chi connectivity index (χ3v) is 4.26. The van der Waals surface area contributed by atoms with Crippen molar-refractivity contribution in [1.29, 1.82) is 0 Å². The molecule has 0 aliphatic heterocycles. The van der Waals surface area contributed by atoms with Crippen molar-refractivity contribution < 1.29 is 19.2 Å². The maximum Gasteiger partial charge on any atom is 0.307 e. The van der Waals surface area contributed by atoms with Crippen LogP contribution in [0.15, 0.2) is 53.3 Å². The second kappa shape index (κ2) is 8.95. The zero-order valence-corrected chi connectivity index (χ0v) is 16.0. The molecule has 0 radical (unpaired) electrons. The highest BCUT2D eigenvalue weighted by atomic mass is 16.6. The molecule has 2 N–H and O–H groups in total. The van der Waals surface area contributed by atoms with Crippen LogP contribution in [-0.2, 0) is 20.7 Å². The molecule has 1 aromatic heterocycles. The SMILES string of the molecule is C[C@@H](OC(=O)CCc1nc2ccccc2c(=O)[nH]1)C(=O)Nc1ccccc1[N+](=O)[O-]. The van der Waals surface area contributed by atoms with Crippen molar-refractivity contribution in [3.8, 4) is 0 Å². The largest absolute Gasteiger partial charge is 0.453 e. The van der Waals surface area contributed by atoms with Gasteiger partial charge in [-0.15, -0.1) is 0 Å². The number of H-pyrrole nitrogens is 1. The fourth-order valence-corrected chi connectivity index (χ4v) is 2.76. The van der Waals surface area contributed by atoms with Crippen LogP contribution in [0.1, 0.15) is 19.2 Å². The third-order valence-electron chi connectivity index (χ3n) is 4.26. The Morgan fingerprint density at radius 3 is 2.67 bits per heavy atom. The summed E-state index contributed by atoms with van der Waals surface area (Å²) in [5, 5.41) is 13.8. The number of carbonyl (C=O) groups is 2. The maximum atomic E-state index is 12.2. The van der Waals surface area contributed by atoms with E-state index in [9.17, 15) is 24.5 Å². The Labute approximate surface area is 170 Å². The van der Waals surface area contributed by atoms with Crippen LogP contribution in [0.2, 0.25) is 0 Å². The highest BCUT2D eigenvalue weighted by molar-refractivity contribution is 5.96. The lowest BCUT2D eigenvalue weighted by molar-refractivity contribution is -0.383. The maximum absolute atomic E-state index is 12.2. The Morgan fingerprint density at radius 2 is 1.90 bits per heavy atom. The molecule has 0 unspecified atom stereocenters. The van der Waals surface area contributed by atoms with Gasteiger partial charge in [0.2, 0.25) is 0 Å². The number of carbonyl (C=O) groups excluding carboxylic acids is 2. The van der Waals surface area contributed by atoms with Crippen LogP contribution in [0.25, 0.3) is 10.9 Å². The van der Waals surface area contributed by atoms with Crippen molar-refractivity contribution >= 4 is 34.2 Å². The highest BCUT2D eigenvalue weighted by Crippen LogP contribution is 2.23. The van der Waals surface area contributed by atoms with E-state index in [0.717, 1.165) is 0 Å². The quantitative estimate of drug-likeness (QED) is 0.345. The zero-order valence-electron chi connectivity index (χ0n) is 16.0. The minimum Gasteiger partial charge on any atom is -0.453 e. The number of esters is 1. The van der Waals surface area contributed by atoms with Gasteiger partial charge in [0.15, 0.2) is 6.10 Å². The smallest absolute Gasteiger partial charge is 0.307 e. The number of anilines is 1. The summed E-state index contributed by atoms with van der Waals surface area (Å²) in [7, 11) is 0. The number of amides is 1. The van der Waals surface area contributed by atoms with E-state index in [2.05, 4.69) is 15.3 Å². The van der Waals surface area contributed by atoms with Crippen molar-refractivity contribution in [2.75, 3.05) is 5.32 Å². The normalized spacial score (nSPS) is 11.6. The van der Waals surface area contributed by atoms with Crippen molar-refractivity contribution in [3.05, 3.63) is 74.8 Å². The first-order valence-corrected chi connectivity index (χ1v) is 9.07. The van der Waals surface area contributed by atoms with Gasteiger partial charge in [-0.3, -0.25) is 24.5 Å². The van der Waals surface area contributed by atoms with Crippen molar-refractivity contribution in [2.24, 2.45) is 0 Å². The minimum atomic E-state index is -1.17. The summed E-state index contributed by atoms with van der Waals surface area (Å²) in [4.78, 5) is 53.6. The molecule has 1 heterocycles. The Hall–Kier alpha value is -4.08. The second-order valence-electron chi connectivity index (χ2n) is 6.43. The Morgan fingerprint density at radius 1 is 1.20 bits per heavy atom. The number of nitro benzene ring substituents is 1. The number of ether oxygens (including phenoxy) is 1. The third kappa shape index (κ3) is 4.85. The van der Waals surface area contributed by atoms with Crippen molar-refractivity contribution in [1.82, 2.24) is 9.97 Å². The van der Waals surface area contributed by atoms with Gasteiger partial charge in [-0.2, -0.15) is 0 Å². The van der Waals surface area contributed by atoms with E-state index in [4.69, 9.17) is 4.74 Å². The number of benzene rings is 2. The number of fused-ring (bicyclic) bond motifs is 1. The number of hydrogen-bond acceptors (Lipinski definition) is 7. The molecule has 3 aromatic rings. The molecule has 0 saturated heterocycles. The molecule has 0 spiro atoms. The lowest BCUT2D eigenvalue weighted by Gasteiger charge is -2.13. The molecule has 10 heteroatoms. The molecule has 0 aliphatic carbocycles. The average Bonchev–Trinajstić information content (AvgIpc) is 2.72. The second-order valence-corrected chi connectivity index (χ2v) is 6.43. The molecule has 30 heavy (non-hydrogen) atoms. The zero-order chi connectivity index (χ0) is 21.7. The van der Waals surface area contributed by atoms with Crippen LogP contribution in [0.5, 0.6) is 0 Å². The predicted octanol–water partition coefficient (Wildman–Crippen LogP) is 2.33. The molecule has 0 bridgehead atoms. The first-order valence-electron chi connectivity index (χ1n) is 9.07. The van der Waals surface area contributed by atoms with E-state index in [1.807, 2.05) is 0 Å². The summed E-state index contributed by atoms with van der Waals surface area (Å²) in [6.07, 6.45) is -1.15. The molecule has 0 aliphatic rings. The van der Waals surface area contributed by atoms with E-state index < -0.39 is 22.9 Å². The van der Waals surface area contributed by atoms with Crippen LogP contribution in [-0.4, -0.2) is 32.9 Å². The standard InChI is InChI=1S/C20H18N4O6/c1-12(19(26)22-15-8-4-5-9-16(15)24(28)29)30-18(25)11-10-17-21-14-7-3-2-6-13(14)20(27)23-17/h2-9,12H,10-11H2,1H3,(H,22,26)(H,21,23,27)/t12-/m1/s1. The Kier molecular flexibility index (Phi) is 6.16. The molecule has 1 amide bonds. The monoisotopic (exact) mass is 410 g/mol. The number of aromatic nitrogens is 2. The first-order chi connectivity index (χ1) is 14.3. The van der Waals surface area contributed by atoms with Gasteiger partial charge >= 0.3 is 5.97 Å². The summed E-state index contributed by atoms with van der Waals surface area (Å²) in [6.45, 7) is 1.36. The van der Waals surface area contributed by atoms with Crippen molar-refractivity contribution in [2.45, 2.75) is 25.9 Å². The number of nitrogens with zero attached hydrogens (tertiary/aromatic N) is 2. The van der Waals surface area contributed by atoms with Gasteiger partial charge in [0.05, 0.1) is 22.2 Å². The van der Waals surface area contributed by atoms with Crippen LogP contribution in [0, 0.1) is 10.1 Å². The van der Waals surface area contributed by atoms with Gasteiger partial charge < -0.3 is 15.0 Å². The fourth-order valence-electron chi connectivity index (χ4n) is 2.76. The van der Waals surface area contributed by atoms with E-state index in [1.54, 1.807) is 24.3 Å². The van der Waals surface area contributed by atoms with Gasteiger partial charge in [0.1, 0.15) is 11.5 Å². The number of nitrogens with one attached hydrogen (secondary N) is 2. The van der Waals surface area contributed by atoms with Gasteiger partial charge in [-0.25, -0.2) is 4.98 Å². The number of rotatable bonds is 7. The molecule has 0 saturated carbocycles. The van der Waals surface area contributed by atoms with Gasteiger partial charge in [0.25, 0.3) is 17.2 Å². The average molecular weight is 410 g/mol. The molecular formula is C20H18N4O6. The number of nitro groups is 1. The molecule has 0 fully saturated rings. The summed E-state index contributed by atoms with van der Waals surface area (Å²) in [6, 6.07) is 12.5. The highest BCUT2D eigenvalue weighted by Gasteiger charge is 2.21. The number of para-hydroxylation sites is 3. The van der Waals surface area contributed by atoms with E-state index in [0.29, 0.717) is 16.7 Å². The predicted molar refractivity (Wildman–Crippen MR) is 108 cm³/mol. The van der Waals surface area contributed by atoms with Crippen molar-refractivity contribution in [3.63, 3.8) is 0 Å². The van der Waals surface area contributed by atoms with Crippen LogP contribution >= 0.6 is 0 Å². The summed E-state index contributed by atoms with van der Waals surface area (Å²) in [5.74, 6) is -1.04. The lowest BCUT2D eigenvalue weighted by atomic mass is 10.2. The Bertz CT molecular complexity index is 1170. The molecular weight excluding hydrogens is 392 g/mol. The topological polar surface area (TPSA) is 144 Å². The summed E-state index contributed by atoms with van der Waals surface area (Å²) < 4.78 is 5.08. The van der Waals surface area contributed by atoms with Gasteiger partial charge in [-0.1, -0.05) is 24.3 Å². The first kappa shape index (κ1) is 20.6. The fraction of sp³-hybridized carbons (Fsp3) is 0.200. The van der Waals surface area contributed by atoms with E-state index >= 15 is 0 Å². The number of hydrogen-bond donors (Lipinski definition) is 2. The molecule has 10 nitrogen and oxygen atoms in total. The van der Waals surface area contributed by atoms with E-state index in [-0.39, 0.29) is 29.8 Å². The van der Waals surface area contributed by atoms with Crippen LogP contribution in [0.3, 0.4) is 0 Å². The molecule has 154 valence electrons. The lowest BCUT2D eigenvalue weighted by Crippen LogP contribution is -2.30. The Balaban J connectivity index is 1.58. The molecule has 2 aromatic carbocycles. The molecule has 1 atom stereocenters. The number of aromatic amines is 1. The minimum absolute atomic E-state index is 0.00772. The van der Waals surface area contributed by atoms with Gasteiger partial charge in [0, 0.05) is 12.5 Å². The summed E-state index contributed by atoms with van der Waals surface area (Å²) in [5.41, 5.74) is -0.0490. The molecule has 3 rings (SSSR count).